The van der Waals surface area contributed by atoms with Gasteiger partial charge in [-0.1, -0.05) is 6.07 Å². The van der Waals surface area contributed by atoms with Crippen molar-refractivity contribution in [2.45, 2.75) is 12.9 Å². The minimum absolute atomic E-state index is 0.00772. The largest absolute Gasteiger partial charge is 0.486 e. The second kappa shape index (κ2) is 7.08. The van der Waals surface area contributed by atoms with Crippen LogP contribution in [0.1, 0.15) is 34.8 Å². The summed E-state index contributed by atoms with van der Waals surface area (Å²) < 4.78 is 26.1. The van der Waals surface area contributed by atoms with E-state index in [-0.39, 0.29) is 35.8 Å². The van der Waals surface area contributed by atoms with Gasteiger partial charge in [-0.25, -0.2) is 14.8 Å². The molecule has 0 unspecified atom stereocenters. The first-order chi connectivity index (χ1) is 12.8. The lowest BCUT2D eigenvalue weighted by atomic mass is 10.0. The van der Waals surface area contributed by atoms with Crippen LogP contribution in [0.3, 0.4) is 0 Å². The molecule has 1 aromatic carbocycles. The zero-order valence-corrected chi connectivity index (χ0v) is 13.2. The molecule has 1 amide bonds. The fourth-order valence-corrected chi connectivity index (χ4v) is 2.25. The van der Waals surface area contributed by atoms with E-state index in [9.17, 15) is 14.4 Å². The Morgan fingerprint density at radius 2 is 2.12 bits per heavy atom. The maximum atomic E-state index is 12.4. The molecule has 8 nitrogen and oxygen atoms in total. The molecule has 0 bridgehead atoms. The van der Waals surface area contributed by atoms with Gasteiger partial charge in [-0.3, -0.25) is 9.59 Å². The number of carbonyl (C=O) groups excluding carboxylic acids is 3. The number of aromatic nitrogens is 2. The lowest BCUT2D eigenvalue weighted by molar-refractivity contribution is -0.121. The number of fused-ring (bicyclic) bond motifs is 1. The van der Waals surface area contributed by atoms with Crippen LogP contribution in [0, 0.1) is 0 Å². The van der Waals surface area contributed by atoms with Gasteiger partial charge in [0.2, 0.25) is 0 Å². The first-order valence-electron chi connectivity index (χ1n) is 8.31. The minimum Gasteiger partial charge on any atom is -0.486 e. The van der Waals surface area contributed by atoms with E-state index >= 15 is 0 Å². The SMILES string of the molecule is [2H]C([2H])(NC(=O)c1cc(C(=O)OC)ncn1)c1ccc2c(c1)CC(=O)CO2. The molecule has 25 heavy (non-hydrogen) atoms. The quantitative estimate of drug-likeness (QED) is 0.814. The van der Waals surface area contributed by atoms with E-state index in [2.05, 4.69) is 20.0 Å². The fourth-order valence-electron chi connectivity index (χ4n) is 2.25. The van der Waals surface area contributed by atoms with E-state index in [1.165, 1.54) is 19.2 Å². The van der Waals surface area contributed by atoms with Crippen LogP contribution in [0.15, 0.2) is 30.6 Å². The van der Waals surface area contributed by atoms with Crippen molar-refractivity contribution in [3.05, 3.63) is 53.1 Å². The Morgan fingerprint density at radius 3 is 2.92 bits per heavy atom. The summed E-state index contributed by atoms with van der Waals surface area (Å²) in [7, 11) is 1.17. The number of hydrogen-bond donors (Lipinski definition) is 1. The molecule has 1 aliphatic heterocycles. The number of rotatable bonds is 4. The Bertz CT molecular complexity index is 933. The maximum absolute atomic E-state index is 12.4. The third-order valence-corrected chi connectivity index (χ3v) is 3.45. The number of ketones is 1. The Kier molecular flexibility index (Phi) is 3.99. The molecule has 2 aromatic rings. The van der Waals surface area contributed by atoms with Crippen molar-refractivity contribution >= 4 is 17.7 Å². The minimum atomic E-state index is -2.25. The average molecular weight is 343 g/mol. The number of nitrogens with one attached hydrogen (secondary N) is 1. The highest BCUT2D eigenvalue weighted by molar-refractivity contribution is 5.95. The second-order valence-corrected chi connectivity index (χ2v) is 5.19. The predicted octanol–water partition coefficient (Wildman–Crippen LogP) is 0.697. The predicted molar refractivity (Wildman–Crippen MR) is 85.2 cm³/mol. The van der Waals surface area contributed by atoms with Crippen molar-refractivity contribution in [2.75, 3.05) is 13.7 Å². The van der Waals surface area contributed by atoms with Gasteiger partial charge in [-0.05, 0) is 17.7 Å². The number of nitrogens with zero attached hydrogens (tertiary/aromatic N) is 2. The number of Topliss-reactive ketones (excluding diaryl/α,β-unsaturated/α-hetero) is 1. The zero-order valence-electron chi connectivity index (χ0n) is 15.2. The monoisotopic (exact) mass is 343 g/mol. The molecule has 1 aromatic heterocycles. The Labute approximate surface area is 146 Å². The van der Waals surface area contributed by atoms with Gasteiger partial charge >= 0.3 is 5.97 Å². The summed E-state index contributed by atoms with van der Waals surface area (Å²) >= 11 is 0. The topological polar surface area (TPSA) is 107 Å². The molecule has 2 heterocycles. The highest BCUT2D eigenvalue weighted by Gasteiger charge is 2.17. The number of esters is 1. The lowest BCUT2D eigenvalue weighted by Crippen LogP contribution is -2.25. The summed E-state index contributed by atoms with van der Waals surface area (Å²) in [6.07, 6.45) is 1.15. The van der Waals surface area contributed by atoms with E-state index in [4.69, 9.17) is 7.48 Å². The first-order valence-corrected chi connectivity index (χ1v) is 7.31. The molecule has 0 spiro atoms. The van der Waals surface area contributed by atoms with Crippen LogP contribution in [-0.2, 0) is 22.4 Å². The van der Waals surface area contributed by atoms with Crippen molar-refractivity contribution in [1.29, 1.82) is 0 Å². The van der Waals surface area contributed by atoms with Crippen LogP contribution in [0.4, 0.5) is 0 Å². The van der Waals surface area contributed by atoms with Crippen molar-refractivity contribution in [3.8, 4) is 5.75 Å². The van der Waals surface area contributed by atoms with E-state index in [1.54, 1.807) is 6.07 Å². The number of amides is 1. The Balaban J connectivity index is 1.82. The standard InChI is InChI=1S/C17H15N3O5/c1-24-17(23)14-6-13(19-9-20-14)16(22)18-7-10-2-3-15-11(4-10)5-12(21)8-25-15/h2-4,6,9H,5,7-8H2,1H3,(H,18,22)/i7D2. The van der Waals surface area contributed by atoms with Crippen molar-refractivity contribution in [2.24, 2.45) is 0 Å². The van der Waals surface area contributed by atoms with Gasteiger partial charge in [-0.2, -0.15) is 0 Å². The third kappa shape index (κ3) is 3.79. The van der Waals surface area contributed by atoms with Gasteiger partial charge in [0.05, 0.1) is 9.85 Å². The van der Waals surface area contributed by atoms with Crippen LogP contribution >= 0.6 is 0 Å². The highest BCUT2D eigenvalue weighted by Crippen LogP contribution is 2.24. The molecule has 0 saturated carbocycles. The summed E-state index contributed by atoms with van der Waals surface area (Å²) in [5.74, 6) is -1.18. The van der Waals surface area contributed by atoms with Gasteiger partial charge < -0.3 is 14.8 Å². The Hall–Kier alpha value is -3.29. The van der Waals surface area contributed by atoms with Gasteiger partial charge in [-0.15, -0.1) is 0 Å². The summed E-state index contributed by atoms with van der Waals surface area (Å²) in [4.78, 5) is 42.8. The summed E-state index contributed by atoms with van der Waals surface area (Å²) in [6, 6.07) is 5.61. The van der Waals surface area contributed by atoms with E-state index in [1.807, 2.05) is 0 Å². The maximum Gasteiger partial charge on any atom is 0.356 e. The second-order valence-electron chi connectivity index (χ2n) is 5.19. The molecule has 128 valence electrons. The normalized spacial score (nSPS) is 14.5. The summed E-state index contributed by atoms with van der Waals surface area (Å²) in [6.45, 7) is -2.25. The first kappa shape index (κ1) is 14.1. The highest BCUT2D eigenvalue weighted by atomic mass is 16.5. The number of carbonyl (C=O) groups is 3. The summed E-state index contributed by atoms with van der Waals surface area (Å²) in [5.41, 5.74) is 0.389. The molecule has 1 N–H and O–H groups in total. The zero-order chi connectivity index (χ0) is 19.6. The molecular weight excluding hydrogens is 326 g/mol. The van der Waals surface area contributed by atoms with Crippen LogP contribution in [0.2, 0.25) is 0 Å². The average Bonchev–Trinajstić information content (AvgIpc) is 2.66. The lowest BCUT2D eigenvalue weighted by Gasteiger charge is -2.17. The smallest absolute Gasteiger partial charge is 0.356 e. The van der Waals surface area contributed by atoms with E-state index < -0.39 is 18.4 Å². The van der Waals surface area contributed by atoms with Gasteiger partial charge in [0.15, 0.2) is 11.5 Å². The number of ether oxygens (including phenoxy) is 2. The molecule has 0 saturated heterocycles. The molecule has 3 rings (SSSR count). The fraction of sp³-hybridized carbons (Fsp3) is 0.235. The molecule has 8 heteroatoms. The van der Waals surface area contributed by atoms with Gasteiger partial charge in [0, 0.05) is 24.5 Å². The molecule has 0 fully saturated rings. The van der Waals surface area contributed by atoms with Crippen LogP contribution < -0.4 is 10.1 Å². The molecular formula is C17H15N3O5. The third-order valence-electron chi connectivity index (χ3n) is 3.45. The van der Waals surface area contributed by atoms with Crippen molar-refractivity contribution in [1.82, 2.24) is 15.3 Å². The molecule has 0 atom stereocenters. The molecule has 1 aliphatic rings. The van der Waals surface area contributed by atoms with Crippen LogP contribution in [0.5, 0.6) is 5.75 Å². The molecule has 0 radical (unpaired) electrons. The van der Waals surface area contributed by atoms with Crippen LogP contribution in [0.25, 0.3) is 0 Å². The number of methoxy groups -OCH3 is 1. The van der Waals surface area contributed by atoms with Crippen LogP contribution in [-0.4, -0.2) is 41.3 Å². The van der Waals surface area contributed by atoms with E-state index in [0.717, 1.165) is 12.4 Å². The van der Waals surface area contributed by atoms with Gasteiger partial charge in [0.25, 0.3) is 5.91 Å². The van der Waals surface area contributed by atoms with Gasteiger partial charge in [0.1, 0.15) is 24.4 Å². The van der Waals surface area contributed by atoms with Crippen molar-refractivity contribution in [3.63, 3.8) is 0 Å². The number of hydrogen-bond acceptors (Lipinski definition) is 7. The number of benzene rings is 1. The Morgan fingerprint density at radius 1 is 1.32 bits per heavy atom. The van der Waals surface area contributed by atoms with Crippen molar-refractivity contribution < 1.29 is 26.6 Å². The summed E-state index contributed by atoms with van der Waals surface area (Å²) in [5, 5.41) is 2.22. The molecule has 0 aliphatic carbocycles. The van der Waals surface area contributed by atoms with E-state index in [0.29, 0.717) is 11.3 Å².